The Hall–Kier alpha value is -1.36. The van der Waals surface area contributed by atoms with E-state index in [9.17, 15) is 4.39 Å². The van der Waals surface area contributed by atoms with E-state index < -0.39 is 0 Å². The molecule has 0 aromatic carbocycles. The van der Waals surface area contributed by atoms with Crippen molar-refractivity contribution in [2.24, 2.45) is 0 Å². The first-order valence-corrected chi connectivity index (χ1v) is 2.87. The number of pyridine rings is 1. The van der Waals surface area contributed by atoms with Crippen LogP contribution in [0.25, 0.3) is 0 Å². The summed E-state index contributed by atoms with van der Waals surface area (Å²) in [7, 11) is 0. The van der Waals surface area contributed by atoms with Gasteiger partial charge in [-0.05, 0) is 25.0 Å². The second-order valence-electron chi connectivity index (χ2n) is 1.74. The largest absolute Gasteiger partial charge is 0.245 e. The van der Waals surface area contributed by atoms with E-state index in [-0.39, 0.29) is 5.82 Å². The highest BCUT2D eigenvalue weighted by Crippen LogP contribution is 1.95. The molecule has 0 atom stereocenters. The molecule has 2 heteroatoms. The van der Waals surface area contributed by atoms with E-state index in [1.54, 1.807) is 13.0 Å². The Morgan fingerprint density at radius 1 is 1.50 bits per heavy atom. The minimum atomic E-state index is -0.332. The maximum absolute atomic E-state index is 12.2. The van der Waals surface area contributed by atoms with Crippen LogP contribution in [-0.2, 0) is 0 Å². The van der Waals surface area contributed by atoms with Crippen LogP contribution in [-0.4, -0.2) is 4.98 Å². The first kappa shape index (κ1) is 6.76. The van der Waals surface area contributed by atoms with Crippen molar-refractivity contribution in [1.82, 2.24) is 4.98 Å². The third-order valence-electron chi connectivity index (χ3n) is 0.980. The van der Waals surface area contributed by atoms with Gasteiger partial charge in [0, 0.05) is 0 Å². The molecule has 0 fully saturated rings. The fourth-order valence-corrected chi connectivity index (χ4v) is 0.578. The normalized spacial score (nSPS) is 8.20. The van der Waals surface area contributed by atoms with Crippen molar-refractivity contribution < 1.29 is 4.39 Å². The van der Waals surface area contributed by atoms with Crippen LogP contribution in [0.1, 0.15) is 12.6 Å². The Labute approximate surface area is 58.9 Å². The van der Waals surface area contributed by atoms with Crippen molar-refractivity contribution in [3.8, 4) is 11.8 Å². The second kappa shape index (κ2) is 2.98. The first-order chi connectivity index (χ1) is 4.83. The molecule has 0 unspecified atom stereocenters. The Bertz CT molecular complexity index is 266. The van der Waals surface area contributed by atoms with Crippen molar-refractivity contribution in [3.05, 3.63) is 29.8 Å². The van der Waals surface area contributed by atoms with Gasteiger partial charge < -0.3 is 0 Å². The highest BCUT2D eigenvalue weighted by molar-refractivity contribution is 5.25. The molecule has 10 heavy (non-hydrogen) atoms. The summed E-state index contributed by atoms with van der Waals surface area (Å²) in [5.74, 6) is 5.04. The number of hydrogen-bond donors (Lipinski definition) is 0. The lowest BCUT2D eigenvalue weighted by Crippen LogP contribution is -1.81. The second-order valence-corrected chi connectivity index (χ2v) is 1.74. The zero-order valence-electron chi connectivity index (χ0n) is 5.56. The molecule has 50 valence electrons. The van der Waals surface area contributed by atoms with Crippen molar-refractivity contribution in [2.75, 3.05) is 0 Å². The lowest BCUT2D eigenvalue weighted by atomic mass is 10.3. The van der Waals surface area contributed by atoms with Crippen LogP contribution in [0.3, 0.4) is 0 Å². The predicted octanol–water partition coefficient (Wildman–Crippen LogP) is 1.59. The SMILES string of the molecule is CC#Cc1ccc(F)cn1. The number of rotatable bonds is 0. The van der Waals surface area contributed by atoms with Gasteiger partial charge in [-0.2, -0.15) is 0 Å². The van der Waals surface area contributed by atoms with Gasteiger partial charge >= 0.3 is 0 Å². The predicted molar refractivity (Wildman–Crippen MR) is 36.7 cm³/mol. The summed E-state index contributed by atoms with van der Waals surface area (Å²) >= 11 is 0. The van der Waals surface area contributed by atoms with Gasteiger partial charge in [0.2, 0.25) is 0 Å². The minimum absolute atomic E-state index is 0.332. The molecule has 0 aliphatic carbocycles. The van der Waals surface area contributed by atoms with Gasteiger partial charge in [0.05, 0.1) is 6.20 Å². The van der Waals surface area contributed by atoms with Crippen molar-refractivity contribution >= 4 is 0 Å². The molecule has 1 heterocycles. The minimum Gasteiger partial charge on any atom is -0.245 e. The van der Waals surface area contributed by atoms with Crippen LogP contribution in [0.2, 0.25) is 0 Å². The van der Waals surface area contributed by atoms with Gasteiger partial charge in [0.1, 0.15) is 11.5 Å². The van der Waals surface area contributed by atoms with E-state index in [2.05, 4.69) is 16.8 Å². The average Bonchev–Trinajstić information content (AvgIpc) is 1.95. The van der Waals surface area contributed by atoms with Crippen LogP contribution < -0.4 is 0 Å². The molecule has 1 nitrogen and oxygen atoms in total. The molecular weight excluding hydrogens is 129 g/mol. The van der Waals surface area contributed by atoms with E-state index in [1.807, 2.05) is 0 Å². The van der Waals surface area contributed by atoms with Crippen LogP contribution >= 0.6 is 0 Å². The van der Waals surface area contributed by atoms with Crippen LogP contribution in [0.5, 0.6) is 0 Å². The van der Waals surface area contributed by atoms with Gasteiger partial charge in [0.25, 0.3) is 0 Å². The maximum Gasteiger partial charge on any atom is 0.141 e. The summed E-state index contributed by atoms with van der Waals surface area (Å²) < 4.78 is 12.2. The Kier molecular flexibility index (Phi) is 2.01. The molecule has 0 bridgehead atoms. The molecule has 1 rings (SSSR count). The van der Waals surface area contributed by atoms with Gasteiger partial charge in [-0.3, -0.25) is 0 Å². The molecule has 0 amide bonds. The molecule has 0 N–H and O–H groups in total. The van der Waals surface area contributed by atoms with Gasteiger partial charge in [-0.25, -0.2) is 9.37 Å². The summed E-state index contributed by atoms with van der Waals surface area (Å²) in [6.07, 6.45) is 1.15. The molecule has 0 saturated heterocycles. The third kappa shape index (κ3) is 1.56. The average molecular weight is 135 g/mol. The number of aromatic nitrogens is 1. The van der Waals surface area contributed by atoms with E-state index in [0.29, 0.717) is 5.69 Å². The van der Waals surface area contributed by atoms with Crippen molar-refractivity contribution in [3.63, 3.8) is 0 Å². The number of hydrogen-bond acceptors (Lipinski definition) is 1. The fourth-order valence-electron chi connectivity index (χ4n) is 0.578. The summed E-state index contributed by atoms with van der Waals surface area (Å²) in [5.41, 5.74) is 0.601. The number of nitrogens with zero attached hydrogens (tertiary/aromatic N) is 1. The van der Waals surface area contributed by atoms with E-state index in [1.165, 1.54) is 6.07 Å². The third-order valence-corrected chi connectivity index (χ3v) is 0.980. The standard InChI is InChI=1S/C8H6FN/c1-2-3-8-5-4-7(9)6-10-8/h4-6H,1H3. The molecule has 1 aromatic rings. The van der Waals surface area contributed by atoms with Gasteiger partial charge in [-0.1, -0.05) is 5.92 Å². The molecule has 0 aliphatic rings. The lowest BCUT2D eigenvalue weighted by Gasteiger charge is -1.86. The van der Waals surface area contributed by atoms with E-state index >= 15 is 0 Å². The van der Waals surface area contributed by atoms with Crippen LogP contribution in [0, 0.1) is 17.7 Å². The smallest absolute Gasteiger partial charge is 0.141 e. The maximum atomic E-state index is 12.2. The molecule has 0 radical (unpaired) electrons. The highest BCUT2D eigenvalue weighted by Gasteiger charge is 1.88. The molecule has 0 aliphatic heterocycles. The summed E-state index contributed by atoms with van der Waals surface area (Å²) in [6, 6.07) is 2.89. The topological polar surface area (TPSA) is 12.9 Å². The van der Waals surface area contributed by atoms with Crippen LogP contribution in [0.4, 0.5) is 4.39 Å². The van der Waals surface area contributed by atoms with Gasteiger partial charge in [0.15, 0.2) is 0 Å². The fraction of sp³-hybridized carbons (Fsp3) is 0.125. The molecular formula is C8H6FN. The molecule has 0 saturated carbocycles. The molecule has 1 aromatic heterocycles. The van der Waals surface area contributed by atoms with E-state index in [4.69, 9.17) is 0 Å². The lowest BCUT2D eigenvalue weighted by molar-refractivity contribution is 0.621. The van der Waals surface area contributed by atoms with E-state index in [0.717, 1.165) is 6.20 Å². The zero-order valence-corrected chi connectivity index (χ0v) is 5.56. The summed E-state index contributed by atoms with van der Waals surface area (Å²) in [6.45, 7) is 1.71. The monoisotopic (exact) mass is 135 g/mol. The van der Waals surface area contributed by atoms with Crippen molar-refractivity contribution in [1.29, 1.82) is 0 Å². The highest BCUT2D eigenvalue weighted by atomic mass is 19.1. The Morgan fingerprint density at radius 3 is 2.80 bits per heavy atom. The summed E-state index contributed by atoms with van der Waals surface area (Å²) in [5, 5.41) is 0. The first-order valence-electron chi connectivity index (χ1n) is 2.87. The zero-order chi connectivity index (χ0) is 7.40. The number of halogens is 1. The van der Waals surface area contributed by atoms with Crippen LogP contribution in [0.15, 0.2) is 18.3 Å². The van der Waals surface area contributed by atoms with Gasteiger partial charge in [-0.15, -0.1) is 0 Å². The van der Waals surface area contributed by atoms with Crippen molar-refractivity contribution in [2.45, 2.75) is 6.92 Å². The quantitative estimate of drug-likeness (QED) is 0.492. The Morgan fingerprint density at radius 2 is 2.30 bits per heavy atom. The summed E-state index contributed by atoms with van der Waals surface area (Å²) in [4.78, 5) is 3.72. The Balaban J connectivity index is 2.97. The molecule has 0 spiro atoms.